The lowest BCUT2D eigenvalue weighted by molar-refractivity contribution is 0.122. The molecule has 10 heteroatoms. The van der Waals surface area contributed by atoms with Gasteiger partial charge in [0.15, 0.2) is 28.5 Å². The summed E-state index contributed by atoms with van der Waals surface area (Å²) in [6.45, 7) is 2.70. The number of morpholine rings is 1. The van der Waals surface area contributed by atoms with Gasteiger partial charge in [0.05, 0.1) is 34.5 Å². The number of rotatable bonds is 7. The number of para-hydroxylation sites is 1. The maximum Gasteiger partial charge on any atom is 0.229 e. The summed E-state index contributed by atoms with van der Waals surface area (Å²) in [5, 5.41) is 3.39. The van der Waals surface area contributed by atoms with E-state index >= 15 is 0 Å². The Labute approximate surface area is 197 Å². The smallest absolute Gasteiger partial charge is 0.229 e. The minimum absolute atomic E-state index is 0.519. The summed E-state index contributed by atoms with van der Waals surface area (Å²) in [6, 6.07) is 13.7. The Morgan fingerprint density at radius 3 is 2.26 bits per heavy atom. The molecule has 1 saturated heterocycles. The molecule has 2 aromatic heterocycles. The molecule has 5 rings (SSSR count). The van der Waals surface area contributed by atoms with Crippen LogP contribution < -0.4 is 24.4 Å². The number of benzene rings is 2. The number of anilines is 3. The van der Waals surface area contributed by atoms with Gasteiger partial charge >= 0.3 is 0 Å². The monoisotopic (exact) mass is 462 g/mol. The molecule has 176 valence electrons. The van der Waals surface area contributed by atoms with Crippen LogP contribution in [-0.2, 0) is 4.74 Å². The highest BCUT2D eigenvalue weighted by molar-refractivity contribution is 5.88. The molecule has 10 nitrogen and oxygen atoms in total. The van der Waals surface area contributed by atoms with Gasteiger partial charge in [0.25, 0.3) is 0 Å². The van der Waals surface area contributed by atoms with Crippen molar-refractivity contribution in [1.29, 1.82) is 0 Å². The van der Waals surface area contributed by atoms with Crippen LogP contribution in [-0.4, -0.2) is 67.2 Å². The van der Waals surface area contributed by atoms with E-state index in [1.165, 1.54) is 0 Å². The number of methoxy groups -OCH3 is 3. The van der Waals surface area contributed by atoms with Gasteiger partial charge in [-0.15, -0.1) is 0 Å². The number of nitrogens with zero attached hydrogens (tertiary/aromatic N) is 5. The van der Waals surface area contributed by atoms with Gasteiger partial charge in [-0.1, -0.05) is 18.2 Å². The molecule has 0 atom stereocenters. The lowest BCUT2D eigenvalue weighted by Gasteiger charge is -2.27. The average molecular weight is 463 g/mol. The van der Waals surface area contributed by atoms with E-state index in [-0.39, 0.29) is 0 Å². The summed E-state index contributed by atoms with van der Waals surface area (Å²) in [6.07, 6.45) is 1.76. The van der Waals surface area contributed by atoms with Gasteiger partial charge in [0, 0.05) is 36.6 Å². The first-order valence-electron chi connectivity index (χ1n) is 10.9. The Bertz CT molecular complexity index is 1260. The lowest BCUT2D eigenvalue weighted by Crippen LogP contribution is -2.37. The Balaban J connectivity index is 1.63. The van der Waals surface area contributed by atoms with Crippen molar-refractivity contribution in [3.05, 3.63) is 48.8 Å². The van der Waals surface area contributed by atoms with E-state index in [1.54, 1.807) is 27.7 Å². The van der Waals surface area contributed by atoms with Crippen LogP contribution in [0, 0.1) is 0 Å². The molecule has 0 aliphatic carbocycles. The molecule has 4 aromatic rings. The molecule has 0 radical (unpaired) electrons. The molecule has 0 unspecified atom stereocenters. The average Bonchev–Trinajstić information content (AvgIpc) is 3.33. The van der Waals surface area contributed by atoms with E-state index < -0.39 is 0 Å². The second-order valence-corrected chi connectivity index (χ2v) is 7.63. The van der Waals surface area contributed by atoms with E-state index in [0.29, 0.717) is 66.5 Å². The summed E-state index contributed by atoms with van der Waals surface area (Å²) < 4.78 is 23.9. The van der Waals surface area contributed by atoms with E-state index in [9.17, 15) is 0 Å². The van der Waals surface area contributed by atoms with Gasteiger partial charge in [-0.05, 0) is 12.1 Å². The SMILES string of the molecule is COc1cc(Nc2nc(N3CCOCC3)nc3c2ncn3-c2ccccc2)cc(OC)c1OC. The van der Waals surface area contributed by atoms with Crippen molar-refractivity contribution in [3.63, 3.8) is 0 Å². The van der Waals surface area contributed by atoms with Crippen molar-refractivity contribution < 1.29 is 18.9 Å². The second kappa shape index (κ2) is 9.44. The molecule has 0 bridgehead atoms. The standard InChI is InChI=1S/C24H26N6O4/c1-31-18-13-16(14-19(32-2)21(18)33-3)26-22-20-23(28-24(27-22)29-9-11-34-12-10-29)30(15-25-20)17-7-5-4-6-8-17/h4-8,13-15H,9-12H2,1-3H3,(H,26,27,28). The van der Waals surface area contributed by atoms with Crippen molar-refractivity contribution in [3.8, 4) is 22.9 Å². The van der Waals surface area contributed by atoms with Crippen molar-refractivity contribution in [2.24, 2.45) is 0 Å². The number of hydrogen-bond donors (Lipinski definition) is 1. The molecule has 1 fully saturated rings. The first-order valence-corrected chi connectivity index (χ1v) is 10.9. The molecule has 1 aliphatic heterocycles. The van der Waals surface area contributed by atoms with Crippen LogP contribution in [0.5, 0.6) is 17.2 Å². The van der Waals surface area contributed by atoms with Crippen LogP contribution >= 0.6 is 0 Å². The molecule has 0 amide bonds. The summed E-state index contributed by atoms with van der Waals surface area (Å²) in [5.74, 6) is 2.79. The maximum atomic E-state index is 5.52. The Morgan fingerprint density at radius 2 is 1.62 bits per heavy atom. The summed E-state index contributed by atoms with van der Waals surface area (Å²) in [7, 11) is 4.75. The van der Waals surface area contributed by atoms with Crippen LogP contribution in [0.2, 0.25) is 0 Å². The Morgan fingerprint density at radius 1 is 0.912 bits per heavy atom. The number of nitrogens with one attached hydrogen (secondary N) is 1. The van der Waals surface area contributed by atoms with Crippen LogP contribution in [0.4, 0.5) is 17.5 Å². The van der Waals surface area contributed by atoms with E-state index in [4.69, 9.17) is 28.9 Å². The fourth-order valence-electron chi connectivity index (χ4n) is 3.95. The van der Waals surface area contributed by atoms with Gasteiger partial charge < -0.3 is 29.2 Å². The van der Waals surface area contributed by atoms with Gasteiger partial charge in [-0.25, -0.2) is 4.98 Å². The van der Waals surface area contributed by atoms with Gasteiger partial charge in [0.2, 0.25) is 11.7 Å². The molecule has 1 N–H and O–H groups in total. The van der Waals surface area contributed by atoms with E-state index in [2.05, 4.69) is 15.2 Å². The zero-order valence-electron chi connectivity index (χ0n) is 19.3. The predicted octanol–water partition coefficient (Wildman–Crippen LogP) is 3.42. The zero-order chi connectivity index (χ0) is 23.5. The van der Waals surface area contributed by atoms with Crippen LogP contribution in [0.3, 0.4) is 0 Å². The third-order valence-corrected chi connectivity index (χ3v) is 5.64. The number of fused-ring (bicyclic) bond motifs is 1. The third kappa shape index (κ3) is 4.03. The van der Waals surface area contributed by atoms with Crippen molar-refractivity contribution >= 4 is 28.6 Å². The molecular weight excluding hydrogens is 436 g/mol. The van der Waals surface area contributed by atoms with Gasteiger partial charge in [-0.3, -0.25) is 4.57 Å². The molecule has 34 heavy (non-hydrogen) atoms. The molecule has 0 saturated carbocycles. The predicted molar refractivity (Wildman–Crippen MR) is 129 cm³/mol. The van der Waals surface area contributed by atoms with Crippen molar-refractivity contribution in [1.82, 2.24) is 19.5 Å². The zero-order valence-corrected chi connectivity index (χ0v) is 19.3. The number of aromatic nitrogens is 4. The number of hydrogen-bond acceptors (Lipinski definition) is 9. The second-order valence-electron chi connectivity index (χ2n) is 7.63. The highest BCUT2D eigenvalue weighted by Gasteiger charge is 2.21. The van der Waals surface area contributed by atoms with E-state index in [0.717, 1.165) is 11.4 Å². The van der Waals surface area contributed by atoms with Crippen molar-refractivity contribution in [2.75, 3.05) is 57.8 Å². The highest BCUT2D eigenvalue weighted by Crippen LogP contribution is 2.41. The topological polar surface area (TPSA) is 95.8 Å². The summed E-state index contributed by atoms with van der Waals surface area (Å²) >= 11 is 0. The third-order valence-electron chi connectivity index (χ3n) is 5.64. The molecule has 2 aromatic carbocycles. The van der Waals surface area contributed by atoms with Crippen molar-refractivity contribution in [2.45, 2.75) is 0 Å². The normalized spacial score (nSPS) is 13.7. The minimum Gasteiger partial charge on any atom is -0.493 e. The Kier molecular flexibility index (Phi) is 6.05. The fraction of sp³-hybridized carbons (Fsp3) is 0.292. The minimum atomic E-state index is 0.519. The van der Waals surface area contributed by atoms with Gasteiger partial charge in [-0.2, -0.15) is 9.97 Å². The van der Waals surface area contributed by atoms with Gasteiger partial charge in [0.1, 0.15) is 6.33 Å². The lowest BCUT2D eigenvalue weighted by atomic mass is 10.2. The highest BCUT2D eigenvalue weighted by atomic mass is 16.5. The number of imidazole rings is 1. The molecule has 3 heterocycles. The van der Waals surface area contributed by atoms with E-state index in [1.807, 2.05) is 47.0 Å². The van der Waals surface area contributed by atoms with Crippen LogP contribution in [0.1, 0.15) is 0 Å². The summed E-state index contributed by atoms with van der Waals surface area (Å²) in [4.78, 5) is 16.5. The largest absolute Gasteiger partial charge is 0.493 e. The quantitative estimate of drug-likeness (QED) is 0.443. The molecule has 1 aliphatic rings. The Hall–Kier alpha value is -4.05. The fourth-order valence-corrected chi connectivity index (χ4v) is 3.95. The first kappa shape index (κ1) is 21.8. The van der Waals surface area contributed by atoms with Crippen LogP contribution in [0.25, 0.3) is 16.9 Å². The van der Waals surface area contributed by atoms with Crippen LogP contribution in [0.15, 0.2) is 48.8 Å². The molecular formula is C24H26N6O4. The first-order chi connectivity index (χ1) is 16.7. The number of ether oxygens (including phenoxy) is 4. The molecule has 0 spiro atoms. The summed E-state index contributed by atoms with van der Waals surface area (Å²) in [5.41, 5.74) is 3.04. The maximum absolute atomic E-state index is 5.52.